The number of rotatable bonds is 14. The lowest BCUT2D eigenvalue weighted by Gasteiger charge is -2.10. The molecule has 0 heterocycles. The summed E-state index contributed by atoms with van der Waals surface area (Å²) in [5.74, 6) is 2.92. The summed E-state index contributed by atoms with van der Waals surface area (Å²) in [5, 5.41) is 2.87. The zero-order chi connectivity index (χ0) is 33.2. The maximum absolute atomic E-state index is 11.3. The van der Waals surface area contributed by atoms with Gasteiger partial charge in [-0.1, -0.05) is 118 Å². The van der Waals surface area contributed by atoms with E-state index in [2.05, 4.69) is 38.7 Å². The Morgan fingerprint density at radius 1 is 0.905 bits per heavy atom. The standard InChI is InChI=1S/C21H32O2.C11H15NO.3C2H6/c1-7-12-14-19(9-3)17-22-18(6)15-16-21(11-5)23-20(10-4)13-8-2;1-3-6-11(13)12-10-8-5-4-7-9(10)2;3*1-2/h7,9,12-16H,3,8,10-11,17H2,1-2,4-6H3;4-5,7-8H,3,6H2,1-2H3,(H,12,13);3*1-2H3/b12-7-,18-15+,19-14+,20-13+,21-16+;;;;. The Kier molecular flexibility index (Phi) is 38.9. The molecule has 1 rings (SSSR count). The van der Waals surface area contributed by atoms with E-state index < -0.39 is 0 Å². The van der Waals surface area contributed by atoms with Crippen LogP contribution in [-0.4, -0.2) is 12.5 Å². The quantitative estimate of drug-likeness (QED) is 0.175. The normalized spacial score (nSPS) is 11.3. The average molecular weight is 584 g/mol. The Hall–Kier alpha value is -3.27. The van der Waals surface area contributed by atoms with Gasteiger partial charge in [-0.05, 0) is 69.0 Å². The summed E-state index contributed by atoms with van der Waals surface area (Å²) in [6.07, 6.45) is 18.1. The second kappa shape index (κ2) is 35.8. The van der Waals surface area contributed by atoms with E-state index in [9.17, 15) is 4.79 Å². The molecule has 1 aromatic rings. The molecular formula is C38H65NO3. The van der Waals surface area contributed by atoms with Crippen LogP contribution in [-0.2, 0) is 14.3 Å². The van der Waals surface area contributed by atoms with E-state index in [-0.39, 0.29) is 5.91 Å². The molecule has 0 aromatic heterocycles. The fraction of sp³-hybridized carbons (Fsp3) is 0.500. The number of carbonyl (C=O) groups excluding carboxylic acids is 1. The predicted molar refractivity (Wildman–Crippen MR) is 190 cm³/mol. The first-order valence-corrected chi connectivity index (χ1v) is 16.0. The molecule has 0 spiro atoms. The van der Waals surface area contributed by atoms with Crippen molar-refractivity contribution >= 4 is 11.6 Å². The van der Waals surface area contributed by atoms with Crippen molar-refractivity contribution in [3.05, 3.63) is 102 Å². The predicted octanol–water partition coefficient (Wildman–Crippen LogP) is 12.4. The minimum absolute atomic E-state index is 0.0943. The largest absolute Gasteiger partial charge is 0.494 e. The topological polar surface area (TPSA) is 47.6 Å². The molecule has 1 N–H and O–H groups in total. The highest BCUT2D eigenvalue weighted by atomic mass is 16.5. The first-order chi connectivity index (χ1) is 20.3. The molecule has 4 heteroatoms. The molecule has 0 fully saturated rings. The van der Waals surface area contributed by atoms with Crippen LogP contribution in [0, 0.1) is 6.92 Å². The first-order valence-electron chi connectivity index (χ1n) is 16.0. The van der Waals surface area contributed by atoms with Gasteiger partial charge in [0.1, 0.15) is 12.4 Å². The van der Waals surface area contributed by atoms with Gasteiger partial charge in [0, 0.05) is 24.9 Å². The van der Waals surface area contributed by atoms with Crippen molar-refractivity contribution in [2.75, 3.05) is 11.9 Å². The van der Waals surface area contributed by atoms with Gasteiger partial charge in [-0.15, -0.1) is 0 Å². The second-order valence-corrected chi connectivity index (χ2v) is 8.17. The van der Waals surface area contributed by atoms with Crippen LogP contribution in [0.3, 0.4) is 0 Å². The number of para-hydroxylation sites is 1. The van der Waals surface area contributed by atoms with Gasteiger partial charge in [0.15, 0.2) is 0 Å². The number of ether oxygens (including phenoxy) is 2. The summed E-state index contributed by atoms with van der Waals surface area (Å²) in [6, 6.07) is 7.80. The number of amides is 1. The lowest BCUT2D eigenvalue weighted by Crippen LogP contribution is -2.11. The molecule has 1 amide bonds. The molecule has 240 valence electrons. The van der Waals surface area contributed by atoms with E-state index in [0.29, 0.717) is 13.0 Å². The minimum Gasteiger partial charge on any atom is -0.494 e. The zero-order valence-corrected chi connectivity index (χ0v) is 29.5. The Morgan fingerprint density at radius 2 is 1.50 bits per heavy atom. The number of allylic oxidation sites excluding steroid dienone is 9. The maximum atomic E-state index is 11.3. The number of benzene rings is 1. The SMILES string of the molecule is C=C/C(=C\C=C/C)CO/C(C)=C/C=C(\CC)O/C(=C/CC)CC.CC.CC.CC.CCCC(=O)Nc1ccccc1C. The fourth-order valence-electron chi connectivity index (χ4n) is 2.88. The van der Waals surface area contributed by atoms with Gasteiger partial charge in [0.2, 0.25) is 5.91 Å². The van der Waals surface area contributed by atoms with Crippen molar-refractivity contribution in [2.45, 2.75) is 122 Å². The van der Waals surface area contributed by atoms with Gasteiger partial charge in [-0.2, -0.15) is 0 Å². The van der Waals surface area contributed by atoms with Crippen molar-refractivity contribution in [1.29, 1.82) is 0 Å². The van der Waals surface area contributed by atoms with Crippen molar-refractivity contribution in [3.8, 4) is 0 Å². The van der Waals surface area contributed by atoms with Crippen LogP contribution in [0.4, 0.5) is 5.69 Å². The molecule has 0 saturated heterocycles. The summed E-state index contributed by atoms with van der Waals surface area (Å²) in [7, 11) is 0. The summed E-state index contributed by atoms with van der Waals surface area (Å²) < 4.78 is 11.7. The number of aryl methyl sites for hydroxylation is 1. The average Bonchev–Trinajstić information content (AvgIpc) is 3.03. The van der Waals surface area contributed by atoms with Crippen molar-refractivity contribution in [2.24, 2.45) is 0 Å². The zero-order valence-electron chi connectivity index (χ0n) is 29.5. The molecule has 0 saturated carbocycles. The van der Waals surface area contributed by atoms with Gasteiger partial charge < -0.3 is 14.8 Å². The molecule has 0 aliphatic rings. The molecule has 0 atom stereocenters. The Balaban J connectivity index is -0.000000319. The van der Waals surface area contributed by atoms with E-state index in [1.165, 1.54) is 0 Å². The molecule has 0 bridgehead atoms. The number of carbonyl (C=O) groups is 1. The van der Waals surface area contributed by atoms with Crippen LogP contribution >= 0.6 is 0 Å². The number of hydrogen-bond donors (Lipinski definition) is 1. The Bertz CT molecular complexity index is 933. The molecule has 1 aromatic carbocycles. The molecule has 0 aliphatic heterocycles. The Morgan fingerprint density at radius 3 is 1.98 bits per heavy atom. The molecular weight excluding hydrogens is 518 g/mol. The summed E-state index contributed by atoms with van der Waals surface area (Å²) in [5.41, 5.74) is 3.07. The van der Waals surface area contributed by atoms with Gasteiger partial charge >= 0.3 is 0 Å². The van der Waals surface area contributed by atoms with E-state index >= 15 is 0 Å². The van der Waals surface area contributed by atoms with Gasteiger partial charge in [0.25, 0.3) is 0 Å². The van der Waals surface area contributed by atoms with E-state index in [0.717, 1.165) is 59.8 Å². The highest BCUT2D eigenvalue weighted by Gasteiger charge is 2.02. The number of hydrogen-bond acceptors (Lipinski definition) is 3. The molecule has 4 nitrogen and oxygen atoms in total. The van der Waals surface area contributed by atoms with Crippen LogP contribution in [0.15, 0.2) is 96.2 Å². The fourth-order valence-corrected chi connectivity index (χ4v) is 2.88. The van der Waals surface area contributed by atoms with Gasteiger partial charge in [-0.3, -0.25) is 4.79 Å². The van der Waals surface area contributed by atoms with E-state index in [4.69, 9.17) is 9.47 Å². The third-order valence-electron chi connectivity index (χ3n) is 5.02. The highest BCUT2D eigenvalue weighted by molar-refractivity contribution is 5.91. The maximum Gasteiger partial charge on any atom is 0.224 e. The van der Waals surface area contributed by atoms with Crippen molar-refractivity contribution in [1.82, 2.24) is 0 Å². The molecule has 0 unspecified atom stereocenters. The summed E-state index contributed by atoms with van der Waals surface area (Å²) in [4.78, 5) is 11.3. The lowest BCUT2D eigenvalue weighted by atomic mass is 10.2. The van der Waals surface area contributed by atoms with E-state index in [1.54, 1.807) is 0 Å². The molecule has 0 aliphatic carbocycles. The minimum atomic E-state index is 0.0943. The summed E-state index contributed by atoms with van der Waals surface area (Å²) >= 11 is 0. The van der Waals surface area contributed by atoms with Crippen LogP contribution in [0.1, 0.15) is 121 Å². The number of anilines is 1. The van der Waals surface area contributed by atoms with Gasteiger partial charge in [0.05, 0.1) is 11.5 Å². The van der Waals surface area contributed by atoms with Crippen molar-refractivity contribution in [3.63, 3.8) is 0 Å². The molecule has 42 heavy (non-hydrogen) atoms. The molecule has 0 radical (unpaired) electrons. The smallest absolute Gasteiger partial charge is 0.224 e. The van der Waals surface area contributed by atoms with Crippen LogP contribution in [0.5, 0.6) is 0 Å². The Labute approximate surface area is 261 Å². The third kappa shape index (κ3) is 26.9. The monoisotopic (exact) mass is 583 g/mol. The van der Waals surface area contributed by atoms with Crippen LogP contribution < -0.4 is 5.32 Å². The summed E-state index contributed by atoms with van der Waals surface area (Å²) in [6.45, 7) is 30.5. The van der Waals surface area contributed by atoms with E-state index in [1.807, 2.05) is 130 Å². The first kappa shape index (κ1) is 45.7. The van der Waals surface area contributed by atoms with Crippen LogP contribution in [0.2, 0.25) is 0 Å². The highest BCUT2D eigenvalue weighted by Crippen LogP contribution is 2.15. The third-order valence-corrected chi connectivity index (χ3v) is 5.02. The lowest BCUT2D eigenvalue weighted by molar-refractivity contribution is -0.116. The second-order valence-electron chi connectivity index (χ2n) is 8.17. The van der Waals surface area contributed by atoms with Gasteiger partial charge in [-0.25, -0.2) is 0 Å². The van der Waals surface area contributed by atoms with Crippen molar-refractivity contribution < 1.29 is 14.3 Å². The number of nitrogens with one attached hydrogen (secondary N) is 1. The van der Waals surface area contributed by atoms with Crippen LogP contribution in [0.25, 0.3) is 0 Å².